The number of ether oxygens (including phenoxy) is 2. The van der Waals surface area contributed by atoms with Crippen molar-refractivity contribution < 1.29 is 22.6 Å². The Labute approximate surface area is 157 Å². The Kier molecular flexibility index (Phi) is 7.44. The molecule has 1 fully saturated rings. The van der Waals surface area contributed by atoms with Crippen molar-refractivity contribution >= 4 is 11.6 Å². The summed E-state index contributed by atoms with van der Waals surface area (Å²) in [5, 5.41) is 6.23. The summed E-state index contributed by atoms with van der Waals surface area (Å²) < 4.78 is 47.6. The van der Waals surface area contributed by atoms with Crippen LogP contribution in [0.25, 0.3) is 0 Å². The first kappa shape index (κ1) is 21.0. The lowest BCUT2D eigenvalue weighted by atomic mass is 10.2. The number of nitrogens with one attached hydrogen (secondary N) is 2. The van der Waals surface area contributed by atoms with Gasteiger partial charge in [0.25, 0.3) is 0 Å². The molecule has 0 amide bonds. The van der Waals surface area contributed by atoms with Gasteiger partial charge in [-0.05, 0) is 13.3 Å². The molecule has 152 valence electrons. The number of hydrogen-bond donors (Lipinski definition) is 2. The second-order valence-corrected chi connectivity index (χ2v) is 6.27. The third kappa shape index (κ3) is 6.73. The van der Waals surface area contributed by atoms with Gasteiger partial charge in [0.05, 0.1) is 27.2 Å². The maximum Gasteiger partial charge on any atom is 0.390 e. The Balaban J connectivity index is 1.98. The number of methoxy groups -OCH3 is 2. The first-order valence-electron chi connectivity index (χ1n) is 8.94. The molecule has 1 saturated heterocycles. The first-order valence-corrected chi connectivity index (χ1v) is 8.94. The minimum absolute atomic E-state index is 0.0888. The number of anilines is 1. The van der Waals surface area contributed by atoms with Crippen molar-refractivity contribution in [3.05, 3.63) is 18.2 Å². The van der Waals surface area contributed by atoms with Gasteiger partial charge in [0.15, 0.2) is 5.96 Å². The van der Waals surface area contributed by atoms with Crippen LogP contribution in [0.15, 0.2) is 23.2 Å². The summed E-state index contributed by atoms with van der Waals surface area (Å²) in [6.45, 7) is 3.70. The number of nitrogens with zero attached hydrogens (tertiary/aromatic N) is 2. The van der Waals surface area contributed by atoms with E-state index in [4.69, 9.17) is 9.47 Å². The standard InChI is InChI=1S/C18H27F3N4O2/c1-4-22-17(23-7-6-18(19,20)21)24-13-5-8-25(12-13)14-9-15(26-2)11-16(10-14)27-3/h9-11,13H,4-8,12H2,1-3H3,(H2,22,23,24). The number of rotatable bonds is 7. The van der Waals surface area contributed by atoms with Gasteiger partial charge in [-0.1, -0.05) is 0 Å². The molecule has 0 spiro atoms. The quantitative estimate of drug-likeness (QED) is 0.556. The van der Waals surface area contributed by atoms with E-state index in [0.29, 0.717) is 30.5 Å². The number of alkyl halides is 3. The normalized spacial score (nSPS) is 17.8. The van der Waals surface area contributed by atoms with E-state index >= 15 is 0 Å². The van der Waals surface area contributed by atoms with Crippen molar-refractivity contribution in [3.8, 4) is 11.5 Å². The van der Waals surface area contributed by atoms with Crippen LogP contribution in [0.2, 0.25) is 0 Å². The zero-order valence-electron chi connectivity index (χ0n) is 15.9. The SMILES string of the molecule is CCNC(=NCCC(F)(F)F)NC1CCN(c2cc(OC)cc(OC)c2)C1. The fraction of sp³-hybridized carbons (Fsp3) is 0.611. The van der Waals surface area contributed by atoms with E-state index in [1.165, 1.54) is 0 Å². The van der Waals surface area contributed by atoms with Crippen LogP contribution < -0.4 is 25.0 Å². The molecule has 0 radical (unpaired) electrons. The summed E-state index contributed by atoms with van der Waals surface area (Å²) >= 11 is 0. The lowest BCUT2D eigenvalue weighted by Gasteiger charge is -2.21. The number of halogens is 3. The van der Waals surface area contributed by atoms with E-state index < -0.39 is 12.6 Å². The average molecular weight is 388 g/mol. The number of hydrogen-bond acceptors (Lipinski definition) is 4. The summed E-state index contributed by atoms with van der Waals surface area (Å²) in [7, 11) is 3.21. The summed E-state index contributed by atoms with van der Waals surface area (Å²) in [5.74, 6) is 1.84. The largest absolute Gasteiger partial charge is 0.497 e. The lowest BCUT2D eigenvalue weighted by molar-refractivity contribution is -0.132. The maximum absolute atomic E-state index is 12.3. The Bertz CT molecular complexity index is 615. The molecular formula is C18H27F3N4O2. The van der Waals surface area contributed by atoms with Gasteiger partial charge in [-0.15, -0.1) is 0 Å². The van der Waals surface area contributed by atoms with Crippen molar-refractivity contribution in [3.63, 3.8) is 0 Å². The fourth-order valence-corrected chi connectivity index (χ4v) is 2.90. The smallest absolute Gasteiger partial charge is 0.390 e. The monoisotopic (exact) mass is 388 g/mol. The minimum Gasteiger partial charge on any atom is -0.497 e. The van der Waals surface area contributed by atoms with Gasteiger partial charge in [0, 0.05) is 49.6 Å². The highest BCUT2D eigenvalue weighted by Gasteiger charge is 2.27. The third-order valence-corrected chi connectivity index (χ3v) is 4.24. The predicted molar refractivity (Wildman–Crippen MR) is 100.0 cm³/mol. The summed E-state index contributed by atoms with van der Waals surface area (Å²) in [4.78, 5) is 6.21. The number of benzene rings is 1. The highest BCUT2D eigenvalue weighted by Crippen LogP contribution is 2.30. The van der Waals surface area contributed by atoms with E-state index in [1.807, 2.05) is 25.1 Å². The van der Waals surface area contributed by atoms with E-state index in [9.17, 15) is 13.2 Å². The topological polar surface area (TPSA) is 58.1 Å². The molecule has 1 unspecified atom stereocenters. The van der Waals surface area contributed by atoms with Crippen LogP contribution in [-0.2, 0) is 0 Å². The number of aliphatic imine (C=N–C) groups is 1. The molecule has 0 aliphatic carbocycles. The molecule has 1 atom stereocenters. The van der Waals surface area contributed by atoms with Crippen LogP contribution >= 0.6 is 0 Å². The molecule has 2 N–H and O–H groups in total. The Morgan fingerprint density at radius 2 is 1.89 bits per heavy atom. The lowest BCUT2D eigenvalue weighted by Crippen LogP contribution is -2.44. The number of guanidine groups is 1. The zero-order valence-corrected chi connectivity index (χ0v) is 15.9. The van der Waals surface area contributed by atoms with Crippen LogP contribution in [0.5, 0.6) is 11.5 Å². The fourth-order valence-electron chi connectivity index (χ4n) is 2.90. The summed E-state index contributed by atoms with van der Waals surface area (Å²) in [6.07, 6.45) is -4.27. The molecule has 1 aliphatic heterocycles. The molecule has 0 aromatic heterocycles. The van der Waals surface area contributed by atoms with E-state index in [1.54, 1.807) is 14.2 Å². The van der Waals surface area contributed by atoms with Crippen LogP contribution in [0, 0.1) is 0 Å². The summed E-state index contributed by atoms with van der Waals surface area (Å²) in [5.41, 5.74) is 0.981. The van der Waals surface area contributed by atoms with Crippen molar-refractivity contribution in [1.29, 1.82) is 0 Å². The van der Waals surface area contributed by atoms with E-state index in [-0.39, 0.29) is 12.6 Å². The van der Waals surface area contributed by atoms with Crippen molar-refractivity contribution in [2.24, 2.45) is 4.99 Å². The van der Waals surface area contributed by atoms with E-state index in [0.717, 1.165) is 18.7 Å². The average Bonchev–Trinajstić information content (AvgIpc) is 3.09. The van der Waals surface area contributed by atoms with Gasteiger partial charge in [-0.2, -0.15) is 13.2 Å². The third-order valence-electron chi connectivity index (χ3n) is 4.24. The molecule has 1 aromatic rings. The van der Waals surface area contributed by atoms with Gasteiger partial charge in [-0.25, -0.2) is 0 Å². The van der Waals surface area contributed by atoms with Crippen molar-refractivity contribution in [2.75, 3.05) is 45.3 Å². The molecule has 2 rings (SSSR count). The molecule has 1 aromatic carbocycles. The van der Waals surface area contributed by atoms with Gasteiger partial charge in [0.2, 0.25) is 0 Å². The molecule has 27 heavy (non-hydrogen) atoms. The van der Waals surface area contributed by atoms with Crippen molar-refractivity contribution in [1.82, 2.24) is 10.6 Å². The highest BCUT2D eigenvalue weighted by atomic mass is 19.4. The zero-order chi connectivity index (χ0) is 19.9. The van der Waals surface area contributed by atoms with Gasteiger partial charge in [0.1, 0.15) is 11.5 Å². The Morgan fingerprint density at radius 3 is 2.44 bits per heavy atom. The van der Waals surface area contributed by atoms with E-state index in [2.05, 4.69) is 20.5 Å². The molecular weight excluding hydrogens is 361 g/mol. The molecule has 9 heteroatoms. The predicted octanol–water partition coefficient (Wildman–Crippen LogP) is 2.79. The molecule has 0 bridgehead atoms. The van der Waals surface area contributed by atoms with Gasteiger partial charge >= 0.3 is 6.18 Å². The molecule has 6 nitrogen and oxygen atoms in total. The van der Waals surface area contributed by atoms with Crippen LogP contribution in [-0.4, -0.2) is 58.6 Å². The van der Waals surface area contributed by atoms with Crippen molar-refractivity contribution in [2.45, 2.75) is 32.0 Å². The second kappa shape index (κ2) is 9.57. The molecule has 1 aliphatic rings. The molecule has 1 heterocycles. The van der Waals surface area contributed by atoms with Crippen LogP contribution in [0.1, 0.15) is 19.8 Å². The summed E-state index contributed by atoms with van der Waals surface area (Å²) in [6, 6.07) is 5.78. The maximum atomic E-state index is 12.3. The molecule has 0 saturated carbocycles. The van der Waals surface area contributed by atoms with Crippen LogP contribution in [0.4, 0.5) is 18.9 Å². The van der Waals surface area contributed by atoms with Gasteiger partial charge < -0.3 is 25.0 Å². The Morgan fingerprint density at radius 1 is 1.22 bits per heavy atom. The second-order valence-electron chi connectivity index (χ2n) is 6.27. The highest BCUT2D eigenvalue weighted by molar-refractivity contribution is 5.80. The van der Waals surface area contributed by atoms with Gasteiger partial charge in [-0.3, -0.25) is 4.99 Å². The van der Waals surface area contributed by atoms with Crippen LogP contribution in [0.3, 0.4) is 0 Å². The minimum atomic E-state index is -4.20. The first-order chi connectivity index (χ1) is 12.8. The Hall–Kier alpha value is -2.32.